The average Bonchev–Trinajstić information content (AvgIpc) is 2.09. The Morgan fingerprint density at radius 1 is 1.38 bits per heavy atom. The lowest BCUT2D eigenvalue weighted by Gasteiger charge is -2.35. The molecule has 1 fully saturated rings. The highest BCUT2D eigenvalue weighted by atomic mass is 16.1. The van der Waals surface area contributed by atoms with Crippen molar-refractivity contribution in [2.24, 2.45) is 11.7 Å². The van der Waals surface area contributed by atoms with Crippen LogP contribution in [0.15, 0.2) is 0 Å². The third-order valence-electron chi connectivity index (χ3n) is 2.84. The number of rotatable bonds is 3. The van der Waals surface area contributed by atoms with Gasteiger partial charge in [-0.25, -0.2) is 0 Å². The van der Waals surface area contributed by atoms with Crippen LogP contribution < -0.4 is 5.73 Å². The molecule has 1 atom stereocenters. The van der Waals surface area contributed by atoms with Crippen molar-refractivity contribution in [1.29, 1.82) is 0 Å². The molecular formula is C10H20N2O. The van der Waals surface area contributed by atoms with Gasteiger partial charge in [0.25, 0.3) is 0 Å². The summed E-state index contributed by atoms with van der Waals surface area (Å²) in [6.07, 6.45) is 1.42. The maximum Gasteiger partial charge on any atom is 0.135 e. The predicted octanol–water partition coefficient (Wildman–Crippen LogP) is 0.635. The average molecular weight is 184 g/mol. The number of carbonyl (C=O) groups is 1. The fraction of sp³-hybridized carbons (Fsp3) is 0.900. The van der Waals surface area contributed by atoms with Crippen LogP contribution in [0.4, 0.5) is 0 Å². The Labute approximate surface area is 80.3 Å². The van der Waals surface area contributed by atoms with Gasteiger partial charge in [0.05, 0.1) is 0 Å². The summed E-state index contributed by atoms with van der Waals surface area (Å²) in [7, 11) is 0. The molecule has 2 N–H and O–H groups in total. The predicted molar refractivity (Wildman–Crippen MR) is 53.5 cm³/mol. The molecule has 1 aliphatic rings. The maximum absolute atomic E-state index is 11.0. The molecule has 1 heterocycles. The third kappa shape index (κ3) is 2.78. The second kappa shape index (κ2) is 4.72. The molecule has 0 spiro atoms. The largest absolute Gasteiger partial charge is 0.329 e. The molecule has 0 bridgehead atoms. The molecule has 1 unspecified atom stereocenters. The highest BCUT2D eigenvalue weighted by molar-refractivity contribution is 5.79. The maximum atomic E-state index is 11.0. The second-order valence-electron chi connectivity index (χ2n) is 4.12. The summed E-state index contributed by atoms with van der Waals surface area (Å²) in [6, 6.07) is 0.452. The van der Waals surface area contributed by atoms with E-state index < -0.39 is 0 Å². The number of hydrogen-bond donors (Lipinski definition) is 1. The summed E-state index contributed by atoms with van der Waals surface area (Å²) in [5, 5.41) is 0. The normalized spacial score (nSPS) is 22.3. The zero-order valence-electron chi connectivity index (χ0n) is 8.62. The van der Waals surface area contributed by atoms with E-state index in [0.29, 0.717) is 37.1 Å². The van der Waals surface area contributed by atoms with Crippen LogP contribution in [0, 0.1) is 5.92 Å². The highest BCUT2D eigenvalue weighted by Gasteiger charge is 2.24. The van der Waals surface area contributed by atoms with Crippen molar-refractivity contribution >= 4 is 5.78 Å². The Kier molecular flexibility index (Phi) is 3.88. The summed E-state index contributed by atoms with van der Waals surface area (Å²) in [4.78, 5) is 13.4. The minimum absolute atomic E-state index is 0.399. The van der Waals surface area contributed by atoms with Gasteiger partial charge in [-0.05, 0) is 5.92 Å². The quantitative estimate of drug-likeness (QED) is 0.700. The number of hydrogen-bond acceptors (Lipinski definition) is 3. The minimum Gasteiger partial charge on any atom is -0.329 e. The molecular weight excluding hydrogens is 164 g/mol. The minimum atomic E-state index is 0.399. The van der Waals surface area contributed by atoms with Crippen molar-refractivity contribution in [2.75, 3.05) is 19.6 Å². The van der Waals surface area contributed by atoms with Crippen molar-refractivity contribution in [2.45, 2.75) is 32.7 Å². The van der Waals surface area contributed by atoms with Gasteiger partial charge >= 0.3 is 0 Å². The number of nitrogens with zero attached hydrogens (tertiary/aromatic N) is 1. The lowest BCUT2D eigenvalue weighted by atomic mass is 9.99. The number of ketones is 1. The standard InChI is InChI=1S/C10H20N2O/c1-8(2)10(7-11)12-5-3-9(13)4-6-12/h8,10H,3-7,11H2,1-2H3. The molecule has 1 rings (SSSR count). The van der Waals surface area contributed by atoms with Crippen LogP contribution in [-0.4, -0.2) is 36.4 Å². The van der Waals surface area contributed by atoms with Crippen molar-refractivity contribution in [1.82, 2.24) is 4.90 Å². The van der Waals surface area contributed by atoms with Gasteiger partial charge < -0.3 is 5.73 Å². The Morgan fingerprint density at radius 2 is 1.92 bits per heavy atom. The monoisotopic (exact) mass is 184 g/mol. The molecule has 0 aliphatic carbocycles. The van der Waals surface area contributed by atoms with Crippen LogP contribution in [0.3, 0.4) is 0 Å². The first-order chi connectivity index (χ1) is 6.15. The van der Waals surface area contributed by atoms with Gasteiger partial charge in [0.1, 0.15) is 5.78 Å². The number of carbonyl (C=O) groups excluding carboxylic acids is 1. The van der Waals surface area contributed by atoms with Crippen molar-refractivity contribution < 1.29 is 4.79 Å². The molecule has 1 saturated heterocycles. The van der Waals surface area contributed by atoms with Gasteiger partial charge in [-0.3, -0.25) is 9.69 Å². The lowest BCUT2D eigenvalue weighted by molar-refractivity contribution is -0.122. The van der Waals surface area contributed by atoms with Gasteiger partial charge in [-0.15, -0.1) is 0 Å². The molecule has 0 amide bonds. The SMILES string of the molecule is CC(C)C(CN)N1CCC(=O)CC1. The summed E-state index contributed by atoms with van der Waals surface area (Å²) < 4.78 is 0. The highest BCUT2D eigenvalue weighted by Crippen LogP contribution is 2.14. The van der Waals surface area contributed by atoms with Crippen LogP contribution in [0.5, 0.6) is 0 Å². The van der Waals surface area contributed by atoms with E-state index in [0.717, 1.165) is 13.1 Å². The number of Topliss-reactive ketones (excluding diaryl/α,β-unsaturated/α-hetero) is 1. The molecule has 76 valence electrons. The van der Waals surface area contributed by atoms with Crippen molar-refractivity contribution in [3.63, 3.8) is 0 Å². The molecule has 3 nitrogen and oxygen atoms in total. The Bertz CT molecular complexity index is 170. The molecule has 1 aliphatic heterocycles. The van der Waals surface area contributed by atoms with E-state index in [1.54, 1.807) is 0 Å². The molecule has 0 aromatic carbocycles. The first kappa shape index (κ1) is 10.7. The molecule has 3 heteroatoms. The van der Waals surface area contributed by atoms with Crippen molar-refractivity contribution in [3.8, 4) is 0 Å². The van der Waals surface area contributed by atoms with Crippen LogP contribution in [-0.2, 0) is 4.79 Å². The van der Waals surface area contributed by atoms with E-state index >= 15 is 0 Å². The fourth-order valence-corrected chi connectivity index (χ4v) is 1.95. The number of piperidine rings is 1. The Morgan fingerprint density at radius 3 is 2.31 bits per heavy atom. The third-order valence-corrected chi connectivity index (χ3v) is 2.84. The van der Waals surface area contributed by atoms with Crippen molar-refractivity contribution in [3.05, 3.63) is 0 Å². The molecule has 13 heavy (non-hydrogen) atoms. The zero-order chi connectivity index (χ0) is 9.84. The van der Waals surface area contributed by atoms with E-state index in [4.69, 9.17) is 5.73 Å². The van der Waals surface area contributed by atoms with Gasteiger partial charge in [-0.1, -0.05) is 13.8 Å². The van der Waals surface area contributed by atoms with Gasteiger partial charge in [0, 0.05) is 38.5 Å². The van der Waals surface area contributed by atoms with Crippen LogP contribution in [0.2, 0.25) is 0 Å². The van der Waals surface area contributed by atoms with E-state index in [1.165, 1.54) is 0 Å². The van der Waals surface area contributed by atoms with E-state index in [-0.39, 0.29) is 0 Å². The summed E-state index contributed by atoms with van der Waals surface area (Å²) >= 11 is 0. The van der Waals surface area contributed by atoms with Crippen LogP contribution >= 0.6 is 0 Å². The van der Waals surface area contributed by atoms with E-state index in [2.05, 4.69) is 18.7 Å². The smallest absolute Gasteiger partial charge is 0.135 e. The van der Waals surface area contributed by atoms with Gasteiger partial charge in [-0.2, -0.15) is 0 Å². The molecule has 0 aromatic heterocycles. The molecule has 0 aromatic rings. The number of likely N-dealkylation sites (tertiary alicyclic amines) is 1. The number of nitrogens with two attached hydrogens (primary N) is 1. The Hall–Kier alpha value is -0.410. The van der Waals surface area contributed by atoms with Gasteiger partial charge in [0.2, 0.25) is 0 Å². The van der Waals surface area contributed by atoms with E-state index in [9.17, 15) is 4.79 Å². The lowest BCUT2D eigenvalue weighted by Crippen LogP contribution is -2.47. The van der Waals surface area contributed by atoms with Gasteiger partial charge in [0.15, 0.2) is 0 Å². The summed E-state index contributed by atoms with van der Waals surface area (Å²) in [5.74, 6) is 0.981. The van der Waals surface area contributed by atoms with Crippen LogP contribution in [0.25, 0.3) is 0 Å². The zero-order valence-corrected chi connectivity index (χ0v) is 8.62. The molecule has 0 radical (unpaired) electrons. The summed E-state index contributed by atoms with van der Waals surface area (Å²) in [5.41, 5.74) is 5.71. The first-order valence-corrected chi connectivity index (χ1v) is 5.11. The first-order valence-electron chi connectivity index (χ1n) is 5.11. The van der Waals surface area contributed by atoms with E-state index in [1.807, 2.05) is 0 Å². The topological polar surface area (TPSA) is 46.3 Å². The van der Waals surface area contributed by atoms with Crippen LogP contribution in [0.1, 0.15) is 26.7 Å². The summed E-state index contributed by atoms with van der Waals surface area (Å²) in [6.45, 7) is 6.88. The fourth-order valence-electron chi connectivity index (χ4n) is 1.95. The Balaban J connectivity index is 2.46. The second-order valence-corrected chi connectivity index (χ2v) is 4.12. The molecule has 0 saturated carbocycles.